The summed E-state index contributed by atoms with van der Waals surface area (Å²) in [5.74, 6) is -0.307. The van der Waals surface area contributed by atoms with Gasteiger partial charge in [0.25, 0.3) is 5.91 Å². The maximum absolute atomic E-state index is 13.5. The lowest BCUT2D eigenvalue weighted by atomic mass is 10.0. The van der Waals surface area contributed by atoms with Gasteiger partial charge in [0.15, 0.2) is 0 Å². The number of amides is 2. The molecule has 1 saturated heterocycles. The SMILES string of the molecule is C=CC(=O)Nc1ccc(C(=O)N2CCCC(Nc3ncc4ccc(F)cc4n3)C2)cc1. The van der Waals surface area contributed by atoms with Gasteiger partial charge >= 0.3 is 0 Å². The predicted octanol–water partition coefficient (Wildman–Crippen LogP) is 3.61. The lowest BCUT2D eigenvalue weighted by Crippen LogP contribution is -2.45. The van der Waals surface area contributed by atoms with Crippen LogP contribution in [0.2, 0.25) is 0 Å². The number of aromatic nitrogens is 2. The number of carbonyl (C=O) groups excluding carboxylic acids is 2. The monoisotopic (exact) mass is 419 g/mol. The number of anilines is 2. The van der Waals surface area contributed by atoms with Crippen molar-refractivity contribution >= 4 is 34.4 Å². The average Bonchev–Trinajstić information content (AvgIpc) is 2.79. The molecular formula is C23H22FN5O2. The maximum Gasteiger partial charge on any atom is 0.253 e. The van der Waals surface area contributed by atoms with Crippen molar-refractivity contribution in [3.63, 3.8) is 0 Å². The van der Waals surface area contributed by atoms with E-state index in [9.17, 15) is 14.0 Å². The smallest absolute Gasteiger partial charge is 0.253 e. The Morgan fingerprint density at radius 2 is 2.00 bits per heavy atom. The molecule has 0 saturated carbocycles. The average molecular weight is 419 g/mol. The number of carbonyl (C=O) groups is 2. The predicted molar refractivity (Wildman–Crippen MR) is 117 cm³/mol. The van der Waals surface area contributed by atoms with Gasteiger partial charge in [-0.1, -0.05) is 6.58 Å². The van der Waals surface area contributed by atoms with Crippen molar-refractivity contribution in [2.45, 2.75) is 18.9 Å². The van der Waals surface area contributed by atoms with Crippen LogP contribution in [0.5, 0.6) is 0 Å². The Morgan fingerprint density at radius 1 is 1.19 bits per heavy atom. The molecule has 0 spiro atoms. The van der Waals surface area contributed by atoms with Crippen LogP contribution in [0.4, 0.5) is 16.0 Å². The highest BCUT2D eigenvalue weighted by molar-refractivity contribution is 5.99. The standard InChI is InChI=1S/C23H22FN5O2/c1-2-21(30)26-18-9-6-15(7-10-18)22(31)29-11-3-4-19(14-29)27-23-25-13-16-5-8-17(24)12-20(16)28-23/h2,5-10,12-13,19H,1,3-4,11,14H2,(H,26,30)(H,25,27,28). The number of fused-ring (bicyclic) bond motifs is 1. The van der Waals surface area contributed by atoms with E-state index in [2.05, 4.69) is 27.2 Å². The van der Waals surface area contributed by atoms with Crippen LogP contribution in [0, 0.1) is 5.82 Å². The zero-order valence-corrected chi connectivity index (χ0v) is 16.8. The Hall–Kier alpha value is -3.81. The van der Waals surface area contributed by atoms with Crippen LogP contribution in [0.15, 0.2) is 61.3 Å². The molecule has 3 aromatic rings. The molecule has 2 amide bonds. The molecule has 1 fully saturated rings. The van der Waals surface area contributed by atoms with E-state index in [4.69, 9.17) is 0 Å². The lowest BCUT2D eigenvalue weighted by molar-refractivity contribution is -0.111. The lowest BCUT2D eigenvalue weighted by Gasteiger charge is -2.33. The summed E-state index contributed by atoms with van der Waals surface area (Å²) in [4.78, 5) is 34.8. The van der Waals surface area contributed by atoms with E-state index in [-0.39, 0.29) is 23.7 Å². The molecule has 0 radical (unpaired) electrons. The number of piperidine rings is 1. The largest absolute Gasteiger partial charge is 0.350 e. The molecule has 2 heterocycles. The molecule has 0 bridgehead atoms. The molecule has 4 rings (SSSR count). The summed E-state index contributed by atoms with van der Waals surface area (Å²) in [5, 5.41) is 6.69. The minimum absolute atomic E-state index is 0.00476. The minimum atomic E-state index is -0.346. The summed E-state index contributed by atoms with van der Waals surface area (Å²) in [7, 11) is 0. The van der Waals surface area contributed by atoms with Crippen molar-refractivity contribution < 1.29 is 14.0 Å². The molecule has 2 N–H and O–H groups in total. The first-order valence-corrected chi connectivity index (χ1v) is 10.0. The van der Waals surface area contributed by atoms with Crippen molar-refractivity contribution in [2.24, 2.45) is 0 Å². The van der Waals surface area contributed by atoms with Crippen molar-refractivity contribution in [1.29, 1.82) is 0 Å². The fraction of sp³-hybridized carbons (Fsp3) is 0.217. The van der Waals surface area contributed by atoms with E-state index < -0.39 is 0 Å². The molecule has 8 heteroatoms. The molecule has 1 aromatic heterocycles. The van der Waals surface area contributed by atoms with Gasteiger partial charge in [-0.15, -0.1) is 0 Å². The summed E-state index contributed by atoms with van der Waals surface area (Å²) in [5.41, 5.74) is 1.68. The van der Waals surface area contributed by atoms with Gasteiger partial charge in [-0.05, 0) is 55.3 Å². The van der Waals surface area contributed by atoms with Gasteiger partial charge in [-0.25, -0.2) is 14.4 Å². The summed E-state index contributed by atoms with van der Waals surface area (Å²) < 4.78 is 13.5. The zero-order valence-electron chi connectivity index (χ0n) is 16.8. The third kappa shape index (κ3) is 4.85. The van der Waals surface area contributed by atoms with Crippen molar-refractivity contribution in [1.82, 2.24) is 14.9 Å². The van der Waals surface area contributed by atoms with Crippen LogP contribution in [-0.4, -0.2) is 45.8 Å². The van der Waals surface area contributed by atoms with Gasteiger partial charge in [0.05, 0.1) is 5.52 Å². The minimum Gasteiger partial charge on any atom is -0.350 e. The van der Waals surface area contributed by atoms with Crippen LogP contribution in [-0.2, 0) is 4.79 Å². The van der Waals surface area contributed by atoms with E-state index in [1.54, 1.807) is 41.4 Å². The number of likely N-dealkylation sites (tertiary alicyclic amines) is 1. The van der Waals surface area contributed by atoms with Gasteiger partial charge in [-0.3, -0.25) is 9.59 Å². The van der Waals surface area contributed by atoms with Crippen LogP contribution in [0.3, 0.4) is 0 Å². The second-order valence-corrected chi connectivity index (χ2v) is 7.40. The normalized spacial score (nSPS) is 16.0. The highest BCUT2D eigenvalue weighted by atomic mass is 19.1. The first kappa shape index (κ1) is 20.5. The Kier molecular flexibility index (Phi) is 5.88. The first-order chi connectivity index (χ1) is 15.0. The van der Waals surface area contributed by atoms with E-state index in [1.165, 1.54) is 18.2 Å². The van der Waals surface area contributed by atoms with Crippen LogP contribution in [0.1, 0.15) is 23.2 Å². The Balaban J connectivity index is 1.41. The van der Waals surface area contributed by atoms with E-state index >= 15 is 0 Å². The fourth-order valence-electron chi connectivity index (χ4n) is 3.60. The van der Waals surface area contributed by atoms with Crippen LogP contribution < -0.4 is 10.6 Å². The number of halogens is 1. The third-order valence-corrected chi connectivity index (χ3v) is 5.17. The molecule has 1 unspecified atom stereocenters. The highest BCUT2D eigenvalue weighted by Gasteiger charge is 2.25. The number of hydrogen-bond donors (Lipinski definition) is 2. The van der Waals surface area contributed by atoms with E-state index in [1.807, 2.05) is 0 Å². The molecule has 1 aliphatic rings. The number of rotatable bonds is 5. The highest BCUT2D eigenvalue weighted by Crippen LogP contribution is 2.19. The summed E-state index contributed by atoms with van der Waals surface area (Å²) in [6.45, 7) is 4.59. The molecule has 1 aliphatic heterocycles. The van der Waals surface area contributed by atoms with Crippen molar-refractivity contribution in [3.8, 4) is 0 Å². The topological polar surface area (TPSA) is 87.2 Å². The van der Waals surface area contributed by atoms with Gasteiger partial charge < -0.3 is 15.5 Å². The molecule has 1 atom stereocenters. The summed E-state index contributed by atoms with van der Waals surface area (Å²) >= 11 is 0. The summed E-state index contributed by atoms with van der Waals surface area (Å²) in [6, 6.07) is 11.2. The van der Waals surface area contributed by atoms with Gasteiger partial charge in [0, 0.05) is 48.0 Å². The molecule has 0 aliphatic carbocycles. The summed E-state index contributed by atoms with van der Waals surface area (Å²) in [6.07, 6.45) is 4.57. The maximum atomic E-state index is 13.5. The van der Waals surface area contributed by atoms with E-state index in [0.29, 0.717) is 35.8 Å². The molecule has 7 nitrogen and oxygen atoms in total. The van der Waals surface area contributed by atoms with Gasteiger partial charge in [0.2, 0.25) is 11.9 Å². The number of benzene rings is 2. The zero-order chi connectivity index (χ0) is 21.8. The van der Waals surface area contributed by atoms with E-state index in [0.717, 1.165) is 18.2 Å². The molecular weight excluding hydrogens is 397 g/mol. The van der Waals surface area contributed by atoms with Gasteiger partial charge in [0.1, 0.15) is 5.82 Å². The second-order valence-electron chi connectivity index (χ2n) is 7.40. The number of hydrogen-bond acceptors (Lipinski definition) is 5. The molecule has 31 heavy (non-hydrogen) atoms. The number of nitrogens with one attached hydrogen (secondary N) is 2. The quantitative estimate of drug-likeness (QED) is 0.617. The molecule has 158 valence electrons. The third-order valence-electron chi connectivity index (χ3n) is 5.17. The van der Waals surface area contributed by atoms with Crippen molar-refractivity contribution in [3.05, 3.63) is 72.7 Å². The van der Waals surface area contributed by atoms with Crippen molar-refractivity contribution in [2.75, 3.05) is 23.7 Å². The second kappa shape index (κ2) is 8.91. The number of nitrogens with zero attached hydrogens (tertiary/aromatic N) is 3. The Labute approximate surface area is 179 Å². The van der Waals surface area contributed by atoms with Gasteiger partial charge in [-0.2, -0.15) is 0 Å². The first-order valence-electron chi connectivity index (χ1n) is 10.0. The Bertz CT molecular complexity index is 1130. The fourth-order valence-corrected chi connectivity index (χ4v) is 3.60. The van der Waals surface area contributed by atoms with Crippen LogP contribution >= 0.6 is 0 Å². The molecule has 2 aromatic carbocycles. The van der Waals surface area contributed by atoms with Crippen LogP contribution in [0.25, 0.3) is 10.9 Å². The Morgan fingerprint density at radius 3 is 2.77 bits per heavy atom.